The number of aliphatic imine (C=N–C) groups is 2. The minimum Gasteiger partial charge on any atom is -0.480 e. The van der Waals surface area contributed by atoms with Crippen LogP contribution in [0.4, 0.5) is 0 Å². The molecule has 0 saturated heterocycles. The van der Waals surface area contributed by atoms with Gasteiger partial charge in [-0.25, -0.2) is 4.79 Å². The van der Waals surface area contributed by atoms with Gasteiger partial charge < -0.3 is 49.7 Å². The minimum atomic E-state index is -1.19. The lowest BCUT2D eigenvalue weighted by atomic mass is 10.0. The maximum absolute atomic E-state index is 12.8. The third kappa shape index (κ3) is 13.6. The first-order valence-corrected chi connectivity index (χ1v) is 11.3. The van der Waals surface area contributed by atoms with Crippen LogP contribution in [0.15, 0.2) is 9.98 Å². The molecule has 0 bridgehead atoms. The van der Waals surface area contributed by atoms with E-state index in [0.29, 0.717) is 19.4 Å². The summed E-state index contributed by atoms with van der Waals surface area (Å²) < 4.78 is 0. The molecule has 0 spiro atoms. The van der Waals surface area contributed by atoms with E-state index < -0.39 is 47.9 Å². The molecular weight excluding hydrogens is 460 g/mol. The molecule has 35 heavy (non-hydrogen) atoms. The molecule has 0 aliphatic heterocycles. The Hall–Kier alpha value is -3.62. The summed E-state index contributed by atoms with van der Waals surface area (Å²) in [6.45, 7) is 5.21. The van der Waals surface area contributed by atoms with Crippen LogP contribution in [-0.4, -0.2) is 78.0 Å². The van der Waals surface area contributed by atoms with Crippen molar-refractivity contribution in [2.45, 2.75) is 70.6 Å². The summed E-state index contributed by atoms with van der Waals surface area (Å²) in [6.07, 6.45) is 1.24. The normalized spacial score (nSPS) is 14.1. The molecular formula is C20H40N10O5. The highest BCUT2D eigenvalue weighted by atomic mass is 16.4. The average molecular weight is 501 g/mol. The molecule has 0 saturated carbocycles. The van der Waals surface area contributed by atoms with E-state index >= 15 is 0 Å². The van der Waals surface area contributed by atoms with E-state index in [0.717, 1.165) is 0 Å². The molecule has 0 rings (SSSR count). The standard InChI is InChI=1S/C20H40N10O5/c1-10(2)14(18(34)35)30-15(31)11(3)28-17(33)13(7-5-9-27-20(24)25)29-16(32)12(21)6-4-8-26-19(22)23/h10-14H,4-9,21H2,1-3H3,(H,28,33)(H,29,32)(H,30,31)(H,34,35)(H4,22,23,26)(H4,24,25,27). The first kappa shape index (κ1) is 31.4. The number of aliphatic carboxylic acids is 1. The summed E-state index contributed by atoms with van der Waals surface area (Å²) in [7, 11) is 0. The number of rotatable bonds is 16. The monoisotopic (exact) mass is 500 g/mol. The van der Waals surface area contributed by atoms with Crippen LogP contribution in [0, 0.1) is 5.92 Å². The highest BCUT2D eigenvalue weighted by Gasteiger charge is 2.29. The fourth-order valence-corrected chi connectivity index (χ4v) is 2.87. The van der Waals surface area contributed by atoms with Gasteiger partial charge in [0.1, 0.15) is 18.1 Å². The molecule has 0 aromatic rings. The van der Waals surface area contributed by atoms with Crippen LogP contribution in [0.5, 0.6) is 0 Å². The smallest absolute Gasteiger partial charge is 0.326 e. The molecule has 4 unspecified atom stereocenters. The molecule has 200 valence electrons. The fraction of sp³-hybridized carbons (Fsp3) is 0.700. The van der Waals surface area contributed by atoms with Crippen molar-refractivity contribution >= 4 is 35.6 Å². The van der Waals surface area contributed by atoms with Crippen molar-refractivity contribution in [3.63, 3.8) is 0 Å². The third-order valence-corrected chi connectivity index (χ3v) is 4.87. The van der Waals surface area contributed by atoms with Crippen LogP contribution in [0.1, 0.15) is 46.5 Å². The van der Waals surface area contributed by atoms with Crippen molar-refractivity contribution in [2.75, 3.05) is 13.1 Å². The van der Waals surface area contributed by atoms with E-state index in [1.807, 2.05) is 0 Å². The second kappa shape index (κ2) is 16.1. The number of hydrogen-bond acceptors (Lipinski definition) is 7. The van der Waals surface area contributed by atoms with Crippen LogP contribution >= 0.6 is 0 Å². The molecule has 15 heteroatoms. The van der Waals surface area contributed by atoms with Crippen molar-refractivity contribution in [2.24, 2.45) is 44.6 Å². The van der Waals surface area contributed by atoms with Gasteiger partial charge in [-0.3, -0.25) is 24.4 Å². The molecule has 15 nitrogen and oxygen atoms in total. The van der Waals surface area contributed by atoms with Gasteiger partial charge in [-0.15, -0.1) is 0 Å². The Kier molecular flexibility index (Phi) is 14.4. The number of carbonyl (C=O) groups excluding carboxylic acids is 3. The summed E-state index contributed by atoms with van der Waals surface area (Å²) in [5.74, 6) is -3.63. The highest BCUT2D eigenvalue weighted by molar-refractivity contribution is 5.93. The predicted molar refractivity (Wildman–Crippen MR) is 132 cm³/mol. The number of carboxylic acid groups (broad SMARTS) is 1. The van der Waals surface area contributed by atoms with Gasteiger partial charge in [-0.1, -0.05) is 13.8 Å². The number of nitrogens with zero attached hydrogens (tertiary/aromatic N) is 2. The Labute approximate surface area is 204 Å². The van der Waals surface area contributed by atoms with Crippen molar-refractivity contribution in [1.29, 1.82) is 0 Å². The van der Waals surface area contributed by atoms with Crippen LogP contribution in [-0.2, 0) is 19.2 Å². The molecule has 3 amide bonds. The number of guanidine groups is 2. The maximum Gasteiger partial charge on any atom is 0.326 e. The molecule has 0 fully saturated rings. The molecule has 0 aromatic heterocycles. The molecule has 0 aliphatic rings. The summed E-state index contributed by atoms with van der Waals surface area (Å²) in [4.78, 5) is 56.8. The molecule has 0 aromatic carbocycles. The molecule has 0 radical (unpaired) electrons. The number of carboxylic acids is 1. The summed E-state index contributed by atoms with van der Waals surface area (Å²) in [5, 5.41) is 16.7. The Balaban J connectivity index is 5.17. The lowest BCUT2D eigenvalue weighted by molar-refractivity contribution is -0.143. The zero-order chi connectivity index (χ0) is 27.1. The quantitative estimate of drug-likeness (QED) is 0.0576. The van der Waals surface area contributed by atoms with Crippen LogP contribution in [0.2, 0.25) is 0 Å². The topological polar surface area (TPSA) is 279 Å². The van der Waals surface area contributed by atoms with Crippen molar-refractivity contribution < 1.29 is 24.3 Å². The zero-order valence-corrected chi connectivity index (χ0v) is 20.5. The first-order valence-electron chi connectivity index (χ1n) is 11.3. The van der Waals surface area contributed by atoms with Gasteiger partial charge in [-0.2, -0.15) is 0 Å². The first-order chi connectivity index (χ1) is 16.3. The summed E-state index contributed by atoms with van der Waals surface area (Å²) in [5.41, 5.74) is 27.0. The average Bonchev–Trinajstić information content (AvgIpc) is 2.75. The lowest BCUT2D eigenvalue weighted by Crippen LogP contribution is -2.56. The van der Waals surface area contributed by atoms with Crippen molar-refractivity contribution in [3.8, 4) is 0 Å². The number of nitrogens with one attached hydrogen (secondary N) is 3. The van der Waals surface area contributed by atoms with Gasteiger partial charge in [-0.05, 0) is 38.5 Å². The predicted octanol–water partition coefficient (Wildman–Crippen LogP) is -3.36. The number of nitrogens with two attached hydrogens (primary N) is 5. The van der Waals surface area contributed by atoms with Crippen LogP contribution in [0.25, 0.3) is 0 Å². The molecule has 0 heterocycles. The van der Waals surface area contributed by atoms with E-state index in [1.165, 1.54) is 6.92 Å². The van der Waals surface area contributed by atoms with E-state index in [2.05, 4.69) is 25.9 Å². The minimum absolute atomic E-state index is 0.0678. The summed E-state index contributed by atoms with van der Waals surface area (Å²) >= 11 is 0. The summed E-state index contributed by atoms with van der Waals surface area (Å²) in [6, 6.07) is -4.13. The molecule has 14 N–H and O–H groups in total. The second-order valence-corrected chi connectivity index (χ2v) is 8.36. The Morgan fingerprint density at radius 2 is 1.29 bits per heavy atom. The largest absolute Gasteiger partial charge is 0.480 e. The SMILES string of the molecule is CC(NC(=O)C(CCCN=C(N)N)NC(=O)C(N)CCCN=C(N)N)C(=O)NC(C(=O)O)C(C)C. The van der Waals surface area contributed by atoms with Crippen LogP contribution in [0.3, 0.4) is 0 Å². The number of amides is 3. The third-order valence-electron chi connectivity index (χ3n) is 4.87. The Bertz CT molecular complexity index is 778. The van der Waals surface area contributed by atoms with Crippen molar-refractivity contribution in [1.82, 2.24) is 16.0 Å². The fourth-order valence-electron chi connectivity index (χ4n) is 2.87. The van der Waals surface area contributed by atoms with Gasteiger partial charge in [0.2, 0.25) is 17.7 Å². The highest BCUT2D eigenvalue weighted by Crippen LogP contribution is 2.04. The molecule has 0 aliphatic carbocycles. The number of hydrogen-bond donors (Lipinski definition) is 9. The van der Waals surface area contributed by atoms with Crippen LogP contribution < -0.4 is 44.6 Å². The Morgan fingerprint density at radius 3 is 1.74 bits per heavy atom. The maximum atomic E-state index is 12.8. The van der Waals surface area contributed by atoms with Gasteiger partial charge in [0.25, 0.3) is 0 Å². The molecule has 4 atom stereocenters. The van der Waals surface area contributed by atoms with Gasteiger partial charge >= 0.3 is 5.97 Å². The lowest BCUT2D eigenvalue weighted by Gasteiger charge is -2.24. The zero-order valence-electron chi connectivity index (χ0n) is 20.5. The van der Waals surface area contributed by atoms with E-state index in [1.54, 1.807) is 13.8 Å². The number of carbonyl (C=O) groups is 4. The van der Waals surface area contributed by atoms with Gasteiger partial charge in [0, 0.05) is 13.1 Å². The van der Waals surface area contributed by atoms with Gasteiger partial charge in [0.05, 0.1) is 6.04 Å². The Morgan fingerprint density at radius 1 is 0.771 bits per heavy atom. The van der Waals surface area contributed by atoms with Gasteiger partial charge in [0.15, 0.2) is 11.9 Å². The second-order valence-electron chi connectivity index (χ2n) is 8.36. The van der Waals surface area contributed by atoms with E-state index in [4.69, 9.17) is 28.7 Å². The van der Waals surface area contributed by atoms with E-state index in [9.17, 15) is 24.3 Å². The van der Waals surface area contributed by atoms with Crippen molar-refractivity contribution in [3.05, 3.63) is 0 Å². The van der Waals surface area contributed by atoms with E-state index in [-0.39, 0.29) is 37.2 Å².